The van der Waals surface area contributed by atoms with E-state index in [4.69, 9.17) is 0 Å². The van der Waals surface area contributed by atoms with Gasteiger partial charge in [-0.25, -0.2) is 0 Å². The smallest absolute Gasteiger partial charge is 0.00190 e. The van der Waals surface area contributed by atoms with Crippen molar-refractivity contribution < 1.29 is 0 Å². The molecule has 0 radical (unpaired) electrons. The molecule has 0 amide bonds. The predicted octanol–water partition coefficient (Wildman–Crippen LogP) is 4.06. The first-order valence-corrected chi connectivity index (χ1v) is 8.28. The molecule has 1 N–H and O–H groups in total. The van der Waals surface area contributed by atoms with Gasteiger partial charge in [-0.3, -0.25) is 0 Å². The van der Waals surface area contributed by atoms with E-state index in [-0.39, 0.29) is 0 Å². The summed E-state index contributed by atoms with van der Waals surface area (Å²) in [5.74, 6) is 0. The van der Waals surface area contributed by atoms with Crippen LogP contribution in [0.2, 0.25) is 0 Å². The highest BCUT2D eigenvalue weighted by Gasteiger charge is 1.98. The van der Waals surface area contributed by atoms with Gasteiger partial charge in [0, 0.05) is 0 Å². The van der Waals surface area contributed by atoms with Crippen LogP contribution in [0.4, 0.5) is 0 Å². The van der Waals surface area contributed by atoms with Crippen LogP contribution in [0.3, 0.4) is 0 Å². The summed E-state index contributed by atoms with van der Waals surface area (Å²) in [6.07, 6.45) is 11.3. The van der Waals surface area contributed by atoms with Crippen LogP contribution in [0.5, 0.6) is 0 Å². The molecule has 0 heterocycles. The Kier molecular flexibility index (Phi) is 14.9. The summed E-state index contributed by atoms with van der Waals surface area (Å²) in [6.45, 7) is 12.7. The minimum absolute atomic E-state index is 1.12. The number of unbranched alkanes of at least 4 members (excludes halogenated alkanes) is 7. The summed E-state index contributed by atoms with van der Waals surface area (Å²) >= 11 is 0. The van der Waals surface area contributed by atoms with Crippen LogP contribution < -0.4 is 5.32 Å². The number of nitrogens with zero attached hydrogens (tertiary/aromatic N) is 1. The van der Waals surface area contributed by atoms with Gasteiger partial charge in [0.2, 0.25) is 0 Å². The van der Waals surface area contributed by atoms with Crippen LogP contribution in [0.15, 0.2) is 0 Å². The van der Waals surface area contributed by atoms with Crippen LogP contribution in [-0.2, 0) is 0 Å². The first-order valence-electron chi connectivity index (χ1n) is 8.28. The van der Waals surface area contributed by atoms with Crippen LogP contribution in [0.1, 0.15) is 72.1 Å². The van der Waals surface area contributed by atoms with E-state index in [0.29, 0.717) is 0 Å². The van der Waals surface area contributed by atoms with Gasteiger partial charge in [0.1, 0.15) is 0 Å². The highest BCUT2D eigenvalue weighted by atomic mass is 15.1. The maximum absolute atomic E-state index is 3.38. The molecule has 0 aliphatic carbocycles. The summed E-state index contributed by atoms with van der Waals surface area (Å²) in [5, 5.41) is 3.38. The lowest BCUT2D eigenvalue weighted by Crippen LogP contribution is -2.23. The third kappa shape index (κ3) is 12.4. The van der Waals surface area contributed by atoms with E-state index in [1.807, 2.05) is 0 Å². The Bertz CT molecular complexity index is 144. The second kappa shape index (κ2) is 15.0. The number of hydrogen-bond donors (Lipinski definition) is 1. The second-order valence-corrected chi connectivity index (χ2v) is 5.21. The lowest BCUT2D eigenvalue weighted by Gasteiger charge is -2.17. The number of hydrogen-bond acceptors (Lipinski definition) is 2. The fourth-order valence-corrected chi connectivity index (χ4v) is 2.36. The summed E-state index contributed by atoms with van der Waals surface area (Å²) in [7, 11) is 0. The molecule has 0 spiro atoms. The SMILES string of the molecule is CCNCCCCCCCCCCN(CC)CC. The zero-order valence-corrected chi connectivity index (χ0v) is 13.1. The fourth-order valence-electron chi connectivity index (χ4n) is 2.36. The number of nitrogens with one attached hydrogen (secondary N) is 1. The van der Waals surface area contributed by atoms with Crippen molar-refractivity contribution in [3.05, 3.63) is 0 Å². The van der Waals surface area contributed by atoms with Gasteiger partial charge in [-0.2, -0.15) is 0 Å². The Morgan fingerprint density at radius 3 is 1.67 bits per heavy atom. The highest BCUT2D eigenvalue weighted by molar-refractivity contribution is 4.53. The zero-order chi connectivity index (χ0) is 13.5. The average Bonchev–Trinajstić information content (AvgIpc) is 2.40. The standard InChI is InChI=1S/C16H36N2/c1-4-17-15-13-11-9-7-8-10-12-14-16-18(5-2)6-3/h17H,4-16H2,1-3H3. The van der Waals surface area contributed by atoms with Crippen molar-refractivity contribution in [1.29, 1.82) is 0 Å². The summed E-state index contributed by atoms with van der Waals surface area (Å²) in [4.78, 5) is 2.53. The monoisotopic (exact) mass is 256 g/mol. The molecule has 0 rings (SSSR count). The molecule has 0 saturated heterocycles. The van der Waals surface area contributed by atoms with E-state index in [9.17, 15) is 0 Å². The molecule has 0 saturated carbocycles. The number of rotatable bonds is 14. The van der Waals surface area contributed by atoms with Crippen LogP contribution in [0, 0.1) is 0 Å². The second-order valence-electron chi connectivity index (χ2n) is 5.21. The van der Waals surface area contributed by atoms with Crippen molar-refractivity contribution in [1.82, 2.24) is 10.2 Å². The Morgan fingerprint density at radius 2 is 1.17 bits per heavy atom. The van der Waals surface area contributed by atoms with Gasteiger partial charge in [0.05, 0.1) is 0 Å². The van der Waals surface area contributed by atoms with Gasteiger partial charge in [-0.05, 0) is 45.6 Å². The van der Waals surface area contributed by atoms with Gasteiger partial charge in [-0.1, -0.05) is 59.3 Å². The predicted molar refractivity (Wildman–Crippen MR) is 83.3 cm³/mol. The van der Waals surface area contributed by atoms with Crippen molar-refractivity contribution >= 4 is 0 Å². The van der Waals surface area contributed by atoms with Gasteiger partial charge in [0.25, 0.3) is 0 Å². The Hall–Kier alpha value is -0.0800. The van der Waals surface area contributed by atoms with Crippen molar-refractivity contribution in [3.8, 4) is 0 Å². The lowest BCUT2D eigenvalue weighted by molar-refractivity contribution is 0.295. The van der Waals surface area contributed by atoms with Gasteiger partial charge in [0.15, 0.2) is 0 Å². The zero-order valence-electron chi connectivity index (χ0n) is 13.1. The molecule has 0 aromatic carbocycles. The quantitative estimate of drug-likeness (QED) is 0.472. The molecule has 0 aliphatic rings. The molecule has 0 aromatic heterocycles. The van der Waals surface area contributed by atoms with Crippen molar-refractivity contribution in [2.45, 2.75) is 72.1 Å². The highest BCUT2D eigenvalue weighted by Crippen LogP contribution is 2.08. The largest absolute Gasteiger partial charge is 0.317 e. The first kappa shape index (κ1) is 17.9. The third-order valence-corrected chi connectivity index (χ3v) is 3.72. The normalized spacial score (nSPS) is 11.3. The van der Waals surface area contributed by atoms with Crippen LogP contribution in [-0.4, -0.2) is 37.6 Å². The van der Waals surface area contributed by atoms with E-state index in [2.05, 4.69) is 31.0 Å². The average molecular weight is 256 g/mol. The van der Waals surface area contributed by atoms with Crippen molar-refractivity contribution in [2.75, 3.05) is 32.7 Å². The van der Waals surface area contributed by atoms with Crippen molar-refractivity contribution in [2.24, 2.45) is 0 Å². The van der Waals surface area contributed by atoms with Gasteiger partial charge in [-0.15, -0.1) is 0 Å². The third-order valence-electron chi connectivity index (χ3n) is 3.72. The molecule has 2 heteroatoms. The Balaban J connectivity index is 3.03. The molecular weight excluding hydrogens is 220 g/mol. The molecular formula is C16H36N2. The van der Waals surface area contributed by atoms with E-state index in [0.717, 1.165) is 6.54 Å². The molecule has 0 bridgehead atoms. The maximum Gasteiger partial charge on any atom is -0.00190 e. The summed E-state index contributed by atoms with van der Waals surface area (Å²) in [6, 6.07) is 0. The summed E-state index contributed by atoms with van der Waals surface area (Å²) in [5.41, 5.74) is 0. The lowest BCUT2D eigenvalue weighted by atomic mass is 10.1. The van der Waals surface area contributed by atoms with Gasteiger partial charge >= 0.3 is 0 Å². The molecule has 18 heavy (non-hydrogen) atoms. The molecule has 0 fully saturated rings. The molecule has 0 aliphatic heterocycles. The minimum Gasteiger partial charge on any atom is -0.317 e. The topological polar surface area (TPSA) is 15.3 Å². The Labute approximate surface area is 116 Å². The molecule has 0 unspecified atom stereocenters. The van der Waals surface area contributed by atoms with Crippen LogP contribution in [0.25, 0.3) is 0 Å². The fraction of sp³-hybridized carbons (Fsp3) is 1.00. The van der Waals surface area contributed by atoms with E-state index < -0.39 is 0 Å². The Morgan fingerprint density at radius 1 is 0.667 bits per heavy atom. The minimum atomic E-state index is 1.12. The van der Waals surface area contributed by atoms with E-state index >= 15 is 0 Å². The van der Waals surface area contributed by atoms with E-state index in [1.54, 1.807) is 0 Å². The summed E-state index contributed by atoms with van der Waals surface area (Å²) < 4.78 is 0. The van der Waals surface area contributed by atoms with Crippen molar-refractivity contribution in [3.63, 3.8) is 0 Å². The van der Waals surface area contributed by atoms with Crippen LogP contribution >= 0.6 is 0 Å². The maximum atomic E-state index is 3.38. The van der Waals surface area contributed by atoms with E-state index in [1.165, 1.54) is 77.5 Å². The molecule has 2 nitrogen and oxygen atoms in total. The first-order chi connectivity index (χ1) is 8.85. The van der Waals surface area contributed by atoms with Gasteiger partial charge < -0.3 is 10.2 Å². The molecule has 110 valence electrons. The molecule has 0 aromatic rings. The molecule has 0 atom stereocenters.